The fourth-order valence-corrected chi connectivity index (χ4v) is 2.84. The first-order valence-corrected chi connectivity index (χ1v) is 8.71. The van der Waals surface area contributed by atoms with Crippen molar-refractivity contribution in [2.45, 2.75) is 19.9 Å². The lowest BCUT2D eigenvalue weighted by molar-refractivity contribution is 0.0914. The Balaban J connectivity index is 1.57. The summed E-state index contributed by atoms with van der Waals surface area (Å²) in [7, 11) is 0. The second-order valence-electron chi connectivity index (χ2n) is 6.59. The third kappa shape index (κ3) is 3.48. The smallest absolute Gasteiger partial charge is 0.251 e. The van der Waals surface area contributed by atoms with E-state index in [4.69, 9.17) is 14.0 Å². The molecule has 0 aliphatic carbocycles. The monoisotopic (exact) mass is 365 g/mol. The maximum atomic E-state index is 12.5. The minimum Gasteiger partial charge on any atom is -0.454 e. The van der Waals surface area contributed by atoms with E-state index in [1.165, 1.54) is 0 Å². The van der Waals surface area contributed by atoms with Crippen molar-refractivity contribution in [3.05, 3.63) is 60.0 Å². The largest absolute Gasteiger partial charge is 0.454 e. The van der Waals surface area contributed by atoms with Crippen molar-refractivity contribution in [1.82, 2.24) is 15.5 Å². The van der Waals surface area contributed by atoms with Gasteiger partial charge in [0.2, 0.25) is 18.5 Å². The van der Waals surface area contributed by atoms with Crippen molar-refractivity contribution in [3.8, 4) is 22.9 Å². The van der Waals surface area contributed by atoms with Gasteiger partial charge in [-0.25, -0.2) is 0 Å². The van der Waals surface area contributed by atoms with Gasteiger partial charge in [-0.3, -0.25) is 4.79 Å². The Kier molecular flexibility index (Phi) is 4.50. The molecule has 0 bridgehead atoms. The van der Waals surface area contributed by atoms with E-state index in [2.05, 4.69) is 15.5 Å². The molecule has 27 heavy (non-hydrogen) atoms. The minimum atomic E-state index is -0.395. The Bertz CT molecular complexity index is 953. The number of hydrogen-bond acceptors (Lipinski definition) is 6. The van der Waals surface area contributed by atoms with Crippen LogP contribution in [0.2, 0.25) is 0 Å². The minimum absolute atomic E-state index is 0.0720. The van der Waals surface area contributed by atoms with Crippen LogP contribution in [0.3, 0.4) is 0 Å². The third-order valence-corrected chi connectivity index (χ3v) is 4.33. The number of amides is 1. The molecule has 2 aromatic carbocycles. The molecule has 1 amide bonds. The van der Waals surface area contributed by atoms with Gasteiger partial charge in [-0.15, -0.1) is 0 Å². The summed E-state index contributed by atoms with van der Waals surface area (Å²) in [6, 6.07) is 14.1. The van der Waals surface area contributed by atoms with Crippen molar-refractivity contribution in [1.29, 1.82) is 0 Å². The zero-order valence-corrected chi connectivity index (χ0v) is 15.0. The van der Waals surface area contributed by atoms with Crippen LogP contribution in [-0.4, -0.2) is 22.8 Å². The van der Waals surface area contributed by atoms with Crippen LogP contribution in [0.15, 0.2) is 53.1 Å². The van der Waals surface area contributed by atoms with Gasteiger partial charge in [-0.05, 0) is 36.2 Å². The molecular weight excluding hydrogens is 346 g/mol. The van der Waals surface area contributed by atoms with E-state index in [9.17, 15) is 4.79 Å². The molecule has 3 aromatic rings. The first-order chi connectivity index (χ1) is 13.1. The SMILES string of the molecule is CC(C)[C@@H](NC(=O)c1ccccc1)c1nc(-c2ccc3c(c2)OCO3)no1. The molecular formula is C20H19N3O4. The molecule has 2 heterocycles. The van der Waals surface area contributed by atoms with Gasteiger partial charge in [0.05, 0.1) is 0 Å². The normalized spacial score (nSPS) is 13.6. The molecule has 0 saturated carbocycles. The first-order valence-electron chi connectivity index (χ1n) is 8.71. The summed E-state index contributed by atoms with van der Waals surface area (Å²) in [6.07, 6.45) is 0. The molecule has 0 spiro atoms. The standard InChI is InChI=1S/C20H19N3O4/c1-12(2)17(21-19(24)13-6-4-3-5-7-13)20-22-18(23-27-20)14-8-9-15-16(10-14)26-11-25-15/h3-10,12,17H,11H2,1-2H3,(H,21,24)/t17-/m1/s1. The fraction of sp³-hybridized carbons (Fsp3) is 0.250. The predicted molar refractivity (Wildman–Crippen MR) is 97.3 cm³/mol. The van der Waals surface area contributed by atoms with Crippen LogP contribution in [-0.2, 0) is 0 Å². The van der Waals surface area contributed by atoms with Crippen LogP contribution in [0.25, 0.3) is 11.4 Å². The topological polar surface area (TPSA) is 86.5 Å². The average Bonchev–Trinajstić information content (AvgIpc) is 3.35. The van der Waals surface area contributed by atoms with E-state index in [1.807, 2.05) is 50.2 Å². The van der Waals surface area contributed by atoms with Gasteiger partial charge in [-0.2, -0.15) is 4.98 Å². The number of fused-ring (bicyclic) bond motifs is 1. The molecule has 4 rings (SSSR count). The zero-order chi connectivity index (χ0) is 18.8. The van der Waals surface area contributed by atoms with E-state index >= 15 is 0 Å². The lowest BCUT2D eigenvalue weighted by atomic mass is 10.0. The highest BCUT2D eigenvalue weighted by atomic mass is 16.7. The van der Waals surface area contributed by atoms with Crippen molar-refractivity contribution in [2.75, 3.05) is 6.79 Å². The lowest BCUT2D eigenvalue weighted by Gasteiger charge is -2.18. The van der Waals surface area contributed by atoms with Crippen molar-refractivity contribution in [2.24, 2.45) is 5.92 Å². The van der Waals surface area contributed by atoms with Crippen LogP contribution < -0.4 is 14.8 Å². The Morgan fingerprint density at radius 2 is 1.85 bits per heavy atom. The Hall–Kier alpha value is -3.35. The number of nitrogens with zero attached hydrogens (tertiary/aromatic N) is 2. The van der Waals surface area contributed by atoms with Crippen LogP contribution in [0.1, 0.15) is 36.1 Å². The van der Waals surface area contributed by atoms with Crippen LogP contribution in [0, 0.1) is 5.92 Å². The summed E-state index contributed by atoms with van der Waals surface area (Å²) in [6.45, 7) is 4.18. The summed E-state index contributed by atoms with van der Waals surface area (Å²) < 4.78 is 16.2. The predicted octanol–water partition coefficient (Wildman–Crippen LogP) is 3.59. The number of carbonyl (C=O) groups excluding carboxylic acids is 1. The molecule has 7 heteroatoms. The summed E-state index contributed by atoms with van der Waals surface area (Å²) >= 11 is 0. The van der Waals surface area contributed by atoms with Gasteiger partial charge in [0.15, 0.2) is 11.5 Å². The molecule has 138 valence electrons. The number of ether oxygens (including phenoxy) is 2. The van der Waals surface area contributed by atoms with Crippen molar-refractivity contribution in [3.63, 3.8) is 0 Å². The van der Waals surface area contributed by atoms with Crippen molar-refractivity contribution >= 4 is 5.91 Å². The van der Waals surface area contributed by atoms with Crippen LogP contribution >= 0.6 is 0 Å². The Morgan fingerprint density at radius 3 is 2.63 bits per heavy atom. The molecule has 0 unspecified atom stereocenters. The Morgan fingerprint density at radius 1 is 1.07 bits per heavy atom. The summed E-state index contributed by atoms with van der Waals surface area (Å²) in [5, 5.41) is 7.04. The molecule has 1 N–H and O–H groups in total. The molecule has 1 atom stereocenters. The summed E-state index contributed by atoms with van der Waals surface area (Å²) in [5.41, 5.74) is 1.34. The van der Waals surface area contributed by atoms with Crippen LogP contribution in [0.5, 0.6) is 11.5 Å². The quantitative estimate of drug-likeness (QED) is 0.743. The number of aromatic nitrogens is 2. The maximum absolute atomic E-state index is 12.5. The molecule has 0 radical (unpaired) electrons. The highest BCUT2D eigenvalue weighted by Gasteiger charge is 2.26. The molecule has 0 fully saturated rings. The van der Waals surface area contributed by atoms with Gasteiger partial charge >= 0.3 is 0 Å². The van der Waals surface area contributed by atoms with E-state index in [0.29, 0.717) is 28.8 Å². The molecule has 1 aromatic heterocycles. The number of benzene rings is 2. The van der Waals surface area contributed by atoms with E-state index in [-0.39, 0.29) is 18.6 Å². The first kappa shape index (κ1) is 17.1. The van der Waals surface area contributed by atoms with Gasteiger partial charge in [0, 0.05) is 11.1 Å². The van der Waals surface area contributed by atoms with Gasteiger partial charge in [0.1, 0.15) is 6.04 Å². The zero-order valence-electron chi connectivity index (χ0n) is 15.0. The Labute approximate surface area is 156 Å². The number of nitrogens with one attached hydrogen (secondary N) is 1. The van der Waals surface area contributed by atoms with Gasteiger partial charge in [-0.1, -0.05) is 37.2 Å². The fourth-order valence-electron chi connectivity index (χ4n) is 2.84. The van der Waals surface area contributed by atoms with E-state index < -0.39 is 6.04 Å². The van der Waals surface area contributed by atoms with Gasteiger partial charge in [0.25, 0.3) is 5.91 Å². The number of rotatable bonds is 5. The number of carbonyl (C=O) groups is 1. The van der Waals surface area contributed by atoms with E-state index in [1.54, 1.807) is 12.1 Å². The number of hydrogen-bond donors (Lipinski definition) is 1. The van der Waals surface area contributed by atoms with Crippen LogP contribution in [0.4, 0.5) is 0 Å². The second kappa shape index (κ2) is 7.11. The lowest BCUT2D eigenvalue weighted by Crippen LogP contribution is -2.32. The average molecular weight is 365 g/mol. The second-order valence-corrected chi connectivity index (χ2v) is 6.59. The highest BCUT2D eigenvalue weighted by Crippen LogP contribution is 2.35. The summed E-state index contributed by atoms with van der Waals surface area (Å²) in [4.78, 5) is 17.0. The molecule has 1 aliphatic rings. The maximum Gasteiger partial charge on any atom is 0.251 e. The third-order valence-electron chi connectivity index (χ3n) is 4.33. The molecule has 1 aliphatic heterocycles. The van der Waals surface area contributed by atoms with E-state index in [0.717, 1.165) is 5.56 Å². The molecule has 0 saturated heterocycles. The van der Waals surface area contributed by atoms with Crippen molar-refractivity contribution < 1.29 is 18.8 Å². The molecule has 7 nitrogen and oxygen atoms in total. The highest BCUT2D eigenvalue weighted by molar-refractivity contribution is 5.94. The summed E-state index contributed by atoms with van der Waals surface area (Å²) in [5.74, 6) is 2.03. The van der Waals surface area contributed by atoms with Gasteiger partial charge < -0.3 is 19.3 Å².